The second-order valence-corrected chi connectivity index (χ2v) is 7.86. The molecule has 0 unspecified atom stereocenters. The van der Waals surface area contributed by atoms with Crippen LogP contribution in [0.5, 0.6) is 0 Å². The Labute approximate surface area is 164 Å². The lowest BCUT2D eigenvalue weighted by Gasteiger charge is -2.26. The largest absolute Gasteiger partial charge is 0.329 e. The van der Waals surface area contributed by atoms with Crippen molar-refractivity contribution in [2.75, 3.05) is 6.54 Å². The van der Waals surface area contributed by atoms with Gasteiger partial charge in [-0.2, -0.15) is 0 Å². The summed E-state index contributed by atoms with van der Waals surface area (Å²) in [6, 6.07) is 10.0. The van der Waals surface area contributed by atoms with Gasteiger partial charge < -0.3 is 9.88 Å². The maximum absolute atomic E-state index is 12.6. The molecule has 2 heterocycles. The van der Waals surface area contributed by atoms with Crippen molar-refractivity contribution in [2.45, 2.75) is 39.7 Å². The van der Waals surface area contributed by atoms with Crippen LogP contribution in [0.4, 0.5) is 0 Å². The Bertz CT molecular complexity index is 952. The predicted molar refractivity (Wildman–Crippen MR) is 105 cm³/mol. The number of imidazole rings is 1. The fourth-order valence-electron chi connectivity index (χ4n) is 3.31. The Balaban J connectivity index is 2.02. The van der Waals surface area contributed by atoms with Gasteiger partial charge in [-0.15, -0.1) is 0 Å². The van der Waals surface area contributed by atoms with Crippen molar-refractivity contribution in [3.8, 4) is 0 Å². The van der Waals surface area contributed by atoms with Crippen LogP contribution in [-0.4, -0.2) is 38.7 Å². The van der Waals surface area contributed by atoms with Crippen LogP contribution in [-0.2, 0) is 26.3 Å². The third-order valence-electron chi connectivity index (χ3n) is 4.48. The summed E-state index contributed by atoms with van der Waals surface area (Å²) >= 11 is 0. The molecule has 7 heteroatoms. The summed E-state index contributed by atoms with van der Waals surface area (Å²) in [5.74, 6) is -1.39. The van der Waals surface area contributed by atoms with Crippen LogP contribution in [0.15, 0.2) is 42.4 Å². The number of hydrogen-bond acceptors (Lipinski definition) is 4. The van der Waals surface area contributed by atoms with Gasteiger partial charge in [0.1, 0.15) is 12.2 Å². The van der Waals surface area contributed by atoms with Crippen molar-refractivity contribution in [1.82, 2.24) is 19.8 Å². The molecule has 1 N–H and O–H groups in total. The zero-order valence-corrected chi connectivity index (χ0v) is 16.5. The van der Waals surface area contributed by atoms with Crippen molar-refractivity contribution in [1.29, 1.82) is 0 Å². The standard InChI is InChI=1S/C21H24N4O3/c1-14(26)25-12-18(27)23-17(20(25)28)10-16-19(21(2,3)4)24(13-22-16)11-15-8-6-5-7-9-15/h5-10,13H,11-12H2,1-4H3,(H,23,27). The first-order valence-electron chi connectivity index (χ1n) is 9.10. The molecule has 1 aliphatic heterocycles. The van der Waals surface area contributed by atoms with E-state index in [4.69, 9.17) is 0 Å². The number of piperazine rings is 1. The lowest BCUT2D eigenvalue weighted by molar-refractivity contribution is -0.147. The Morgan fingerprint density at radius 2 is 1.89 bits per heavy atom. The Hall–Kier alpha value is -3.22. The molecule has 146 valence electrons. The quantitative estimate of drug-likeness (QED) is 0.827. The van der Waals surface area contributed by atoms with Crippen LogP contribution in [0.2, 0.25) is 0 Å². The van der Waals surface area contributed by atoms with E-state index in [9.17, 15) is 14.4 Å². The van der Waals surface area contributed by atoms with Gasteiger partial charge >= 0.3 is 0 Å². The van der Waals surface area contributed by atoms with Crippen LogP contribution in [0, 0.1) is 0 Å². The number of nitrogens with zero attached hydrogens (tertiary/aromatic N) is 3. The lowest BCUT2D eigenvalue weighted by atomic mass is 9.89. The Morgan fingerprint density at radius 3 is 2.50 bits per heavy atom. The van der Waals surface area contributed by atoms with Gasteiger partial charge in [0, 0.05) is 18.9 Å². The maximum Gasteiger partial charge on any atom is 0.277 e. The van der Waals surface area contributed by atoms with Crippen LogP contribution < -0.4 is 5.32 Å². The van der Waals surface area contributed by atoms with E-state index in [1.54, 1.807) is 12.4 Å². The molecule has 1 aliphatic rings. The van der Waals surface area contributed by atoms with E-state index < -0.39 is 17.7 Å². The number of nitrogens with one attached hydrogen (secondary N) is 1. The molecular formula is C21H24N4O3. The normalized spacial score (nSPS) is 16.4. The van der Waals surface area contributed by atoms with Gasteiger partial charge in [0.05, 0.1) is 17.7 Å². The van der Waals surface area contributed by atoms with E-state index in [0.29, 0.717) is 12.2 Å². The highest BCUT2D eigenvalue weighted by Gasteiger charge is 2.32. The number of carbonyl (C=O) groups is 3. The average Bonchev–Trinajstić information content (AvgIpc) is 3.01. The number of benzene rings is 1. The molecule has 1 saturated heterocycles. The number of rotatable bonds is 3. The van der Waals surface area contributed by atoms with E-state index in [1.807, 2.05) is 34.9 Å². The summed E-state index contributed by atoms with van der Waals surface area (Å²) in [5.41, 5.74) is 2.47. The van der Waals surface area contributed by atoms with Gasteiger partial charge in [-0.3, -0.25) is 19.3 Å². The summed E-state index contributed by atoms with van der Waals surface area (Å²) in [4.78, 5) is 41.6. The molecule has 0 radical (unpaired) electrons. The topological polar surface area (TPSA) is 84.3 Å². The molecule has 0 atom stereocenters. The first-order chi connectivity index (χ1) is 13.2. The molecule has 3 amide bonds. The maximum atomic E-state index is 12.6. The third kappa shape index (κ3) is 4.03. The molecule has 2 aromatic rings. The Morgan fingerprint density at radius 1 is 1.21 bits per heavy atom. The van der Waals surface area contributed by atoms with Crippen LogP contribution in [0.1, 0.15) is 44.6 Å². The average molecular weight is 380 g/mol. The predicted octanol–water partition coefficient (Wildman–Crippen LogP) is 2.07. The van der Waals surface area contributed by atoms with Crippen molar-refractivity contribution in [2.24, 2.45) is 0 Å². The molecule has 0 spiro atoms. The lowest BCUT2D eigenvalue weighted by Crippen LogP contribution is -2.51. The first-order valence-corrected chi connectivity index (χ1v) is 9.10. The summed E-state index contributed by atoms with van der Waals surface area (Å²) < 4.78 is 2.04. The van der Waals surface area contributed by atoms with E-state index in [2.05, 4.69) is 31.1 Å². The summed E-state index contributed by atoms with van der Waals surface area (Å²) in [7, 11) is 0. The number of carbonyl (C=O) groups excluding carboxylic acids is 3. The molecule has 0 bridgehead atoms. The van der Waals surface area contributed by atoms with Crippen LogP contribution >= 0.6 is 0 Å². The molecule has 1 aromatic heterocycles. The van der Waals surface area contributed by atoms with Gasteiger partial charge in [0.25, 0.3) is 5.91 Å². The molecule has 7 nitrogen and oxygen atoms in total. The van der Waals surface area contributed by atoms with Crippen molar-refractivity contribution in [3.63, 3.8) is 0 Å². The molecular weight excluding hydrogens is 356 g/mol. The molecule has 1 aromatic carbocycles. The summed E-state index contributed by atoms with van der Waals surface area (Å²) in [6.45, 7) is 7.84. The van der Waals surface area contributed by atoms with Gasteiger partial charge in [-0.1, -0.05) is 51.1 Å². The molecule has 28 heavy (non-hydrogen) atoms. The van der Waals surface area contributed by atoms with E-state index in [0.717, 1.165) is 16.2 Å². The van der Waals surface area contributed by atoms with Crippen molar-refractivity contribution < 1.29 is 14.4 Å². The fraction of sp³-hybridized carbons (Fsp3) is 0.333. The number of aromatic nitrogens is 2. The van der Waals surface area contributed by atoms with Crippen LogP contribution in [0.3, 0.4) is 0 Å². The Kier molecular flexibility index (Phi) is 5.18. The zero-order valence-electron chi connectivity index (χ0n) is 16.5. The highest BCUT2D eigenvalue weighted by Crippen LogP contribution is 2.28. The number of amides is 3. The van der Waals surface area contributed by atoms with Crippen molar-refractivity contribution >= 4 is 23.8 Å². The van der Waals surface area contributed by atoms with E-state index >= 15 is 0 Å². The second kappa shape index (κ2) is 7.42. The van der Waals surface area contributed by atoms with Gasteiger partial charge in [0.15, 0.2) is 0 Å². The smallest absolute Gasteiger partial charge is 0.277 e. The molecule has 0 saturated carbocycles. The minimum absolute atomic E-state index is 0.0573. The number of hydrogen-bond donors (Lipinski definition) is 1. The SMILES string of the molecule is CC(=O)N1CC(=O)NC(=Cc2ncn(Cc3ccccc3)c2C(C)(C)C)C1=O. The monoisotopic (exact) mass is 380 g/mol. The van der Waals surface area contributed by atoms with Gasteiger partial charge in [-0.05, 0) is 11.6 Å². The van der Waals surface area contributed by atoms with Crippen molar-refractivity contribution in [3.05, 3.63) is 59.3 Å². The highest BCUT2D eigenvalue weighted by molar-refractivity contribution is 6.12. The van der Waals surface area contributed by atoms with Gasteiger partial charge in [0.2, 0.25) is 11.8 Å². The minimum Gasteiger partial charge on any atom is -0.329 e. The minimum atomic E-state index is -0.524. The number of imide groups is 1. The molecule has 1 fully saturated rings. The molecule has 3 rings (SSSR count). The second-order valence-electron chi connectivity index (χ2n) is 7.86. The third-order valence-corrected chi connectivity index (χ3v) is 4.48. The summed E-state index contributed by atoms with van der Waals surface area (Å²) in [6.07, 6.45) is 3.29. The fourth-order valence-corrected chi connectivity index (χ4v) is 3.31. The van der Waals surface area contributed by atoms with Gasteiger partial charge in [-0.25, -0.2) is 4.98 Å². The zero-order chi connectivity index (χ0) is 20.5. The van der Waals surface area contributed by atoms with E-state index in [-0.39, 0.29) is 17.7 Å². The van der Waals surface area contributed by atoms with E-state index in [1.165, 1.54) is 6.92 Å². The molecule has 0 aliphatic carbocycles. The first kappa shape index (κ1) is 19.5. The summed E-state index contributed by atoms with van der Waals surface area (Å²) in [5, 5.41) is 2.57. The highest BCUT2D eigenvalue weighted by atomic mass is 16.2. The van der Waals surface area contributed by atoms with Crippen LogP contribution in [0.25, 0.3) is 6.08 Å².